The fourth-order valence-electron chi connectivity index (χ4n) is 1.96. The molecule has 0 saturated heterocycles. The van der Waals surface area contributed by atoms with E-state index in [2.05, 4.69) is 19.2 Å². The second-order valence-corrected chi connectivity index (χ2v) is 5.29. The number of nitrogens with one attached hydrogen (secondary N) is 1. The molecule has 0 saturated carbocycles. The Morgan fingerprint density at radius 2 is 2.05 bits per heavy atom. The van der Waals surface area contributed by atoms with Gasteiger partial charge in [-0.05, 0) is 31.0 Å². The van der Waals surface area contributed by atoms with Gasteiger partial charge in [0.1, 0.15) is 11.6 Å². The number of nitrogens with zero attached hydrogens (tertiary/aromatic N) is 2. The number of nitrogen functional groups attached to an aromatic ring is 1. The normalized spacial score (nSPS) is 10.9. The third-order valence-corrected chi connectivity index (χ3v) is 3.25. The monoisotopic (exact) mass is 320 g/mol. The number of amides is 1. The van der Waals surface area contributed by atoms with Crippen LogP contribution in [0.1, 0.15) is 26.7 Å². The summed E-state index contributed by atoms with van der Waals surface area (Å²) >= 11 is 6.02. The third-order valence-electron chi connectivity index (χ3n) is 2.94. The first kappa shape index (κ1) is 17.9. The first-order valence-electron chi connectivity index (χ1n) is 7.24. The average molecular weight is 321 g/mol. The van der Waals surface area contributed by atoms with Crippen molar-refractivity contribution in [2.45, 2.75) is 26.7 Å². The summed E-state index contributed by atoms with van der Waals surface area (Å²) in [5.74, 6) is -0.480. The molecule has 0 radical (unpaired) electrons. The molecule has 6 heteroatoms. The SMILES string of the molecule is CCCN(/C=C(/C#N)C(=O)Nc1ccc(N)cc1Cl)CCC. The van der Waals surface area contributed by atoms with Crippen LogP contribution in [0.15, 0.2) is 30.0 Å². The van der Waals surface area contributed by atoms with E-state index in [4.69, 9.17) is 17.3 Å². The maximum atomic E-state index is 12.2. The second-order valence-electron chi connectivity index (χ2n) is 4.88. The molecule has 0 spiro atoms. The topological polar surface area (TPSA) is 82.2 Å². The number of benzene rings is 1. The molecule has 0 aliphatic carbocycles. The minimum atomic E-state index is -0.480. The fourth-order valence-corrected chi connectivity index (χ4v) is 2.19. The Hall–Kier alpha value is -2.19. The Balaban J connectivity index is 2.89. The Kier molecular flexibility index (Phi) is 7.27. The molecule has 0 aliphatic rings. The van der Waals surface area contributed by atoms with Gasteiger partial charge in [0.15, 0.2) is 0 Å². The van der Waals surface area contributed by atoms with Gasteiger partial charge >= 0.3 is 0 Å². The summed E-state index contributed by atoms with van der Waals surface area (Å²) < 4.78 is 0. The lowest BCUT2D eigenvalue weighted by Crippen LogP contribution is -2.22. The number of nitrogens with two attached hydrogens (primary N) is 1. The molecule has 0 unspecified atom stereocenters. The zero-order chi connectivity index (χ0) is 16.5. The Labute approximate surface area is 136 Å². The number of carbonyl (C=O) groups excluding carboxylic acids is 1. The summed E-state index contributed by atoms with van der Waals surface area (Å²) in [5.41, 5.74) is 6.60. The van der Waals surface area contributed by atoms with Gasteiger partial charge in [-0.25, -0.2) is 0 Å². The van der Waals surface area contributed by atoms with Crippen LogP contribution in [0.3, 0.4) is 0 Å². The summed E-state index contributed by atoms with van der Waals surface area (Å²) in [7, 11) is 0. The highest BCUT2D eigenvalue weighted by Gasteiger charge is 2.13. The highest BCUT2D eigenvalue weighted by molar-refractivity contribution is 6.34. The molecule has 118 valence electrons. The number of hydrogen-bond acceptors (Lipinski definition) is 4. The van der Waals surface area contributed by atoms with Crippen LogP contribution >= 0.6 is 11.6 Å². The van der Waals surface area contributed by atoms with Gasteiger partial charge in [0.25, 0.3) is 5.91 Å². The van der Waals surface area contributed by atoms with E-state index < -0.39 is 5.91 Å². The predicted octanol–water partition coefficient (Wildman–Crippen LogP) is 3.39. The zero-order valence-electron chi connectivity index (χ0n) is 12.9. The van der Waals surface area contributed by atoms with Crippen molar-refractivity contribution >= 4 is 28.9 Å². The maximum Gasteiger partial charge on any atom is 0.267 e. The lowest BCUT2D eigenvalue weighted by molar-refractivity contribution is -0.112. The molecule has 1 aromatic rings. The van der Waals surface area contributed by atoms with E-state index in [1.807, 2.05) is 11.0 Å². The molecular weight excluding hydrogens is 300 g/mol. The van der Waals surface area contributed by atoms with Crippen LogP contribution in [0.4, 0.5) is 11.4 Å². The van der Waals surface area contributed by atoms with Crippen molar-refractivity contribution in [3.05, 3.63) is 35.0 Å². The first-order valence-corrected chi connectivity index (χ1v) is 7.61. The quantitative estimate of drug-likeness (QED) is 0.458. The number of anilines is 2. The molecule has 0 heterocycles. The van der Waals surface area contributed by atoms with E-state index in [0.29, 0.717) is 16.4 Å². The van der Waals surface area contributed by atoms with Gasteiger partial charge in [-0.1, -0.05) is 25.4 Å². The molecule has 0 fully saturated rings. The smallest absolute Gasteiger partial charge is 0.267 e. The van der Waals surface area contributed by atoms with E-state index >= 15 is 0 Å². The van der Waals surface area contributed by atoms with Crippen LogP contribution in [0, 0.1) is 11.3 Å². The summed E-state index contributed by atoms with van der Waals surface area (Å²) in [6, 6.07) is 6.74. The van der Waals surface area contributed by atoms with E-state index in [0.717, 1.165) is 25.9 Å². The molecule has 1 aromatic carbocycles. The molecule has 0 atom stereocenters. The standard InChI is InChI=1S/C16H21ClN4O/c1-3-7-21(8-4-2)11-12(10-18)16(22)20-15-6-5-13(19)9-14(15)17/h5-6,9,11H,3-4,7-8,19H2,1-2H3,(H,20,22)/b12-11-. The van der Waals surface area contributed by atoms with Crippen LogP contribution in [-0.2, 0) is 4.79 Å². The van der Waals surface area contributed by atoms with Crippen molar-refractivity contribution in [2.75, 3.05) is 24.1 Å². The molecule has 5 nitrogen and oxygen atoms in total. The number of nitriles is 1. The molecule has 3 N–H and O–H groups in total. The molecule has 0 aliphatic heterocycles. The van der Waals surface area contributed by atoms with Crippen molar-refractivity contribution in [2.24, 2.45) is 0 Å². The largest absolute Gasteiger partial charge is 0.399 e. The van der Waals surface area contributed by atoms with Crippen molar-refractivity contribution in [1.82, 2.24) is 4.90 Å². The van der Waals surface area contributed by atoms with Gasteiger partial charge in [0.05, 0.1) is 10.7 Å². The second kappa shape index (κ2) is 8.96. The van der Waals surface area contributed by atoms with E-state index in [1.54, 1.807) is 24.4 Å². The average Bonchev–Trinajstić information content (AvgIpc) is 2.47. The molecule has 1 amide bonds. The number of halogens is 1. The third kappa shape index (κ3) is 5.30. The molecule has 22 heavy (non-hydrogen) atoms. The van der Waals surface area contributed by atoms with Gasteiger partial charge in [0.2, 0.25) is 0 Å². The van der Waals surface area contributed by atoms with Crippen molar-refractivity contribution in [3.63, 3.8) is 0 Å². The minimum absolute atomic E-state index is 0.0507. The minimum Gasteiger partial charge on any atom is -0.399 e. The summed E-state index contributed by atoms with van der Waals surface area (Å²) in [5, 5.41) is 12.2. The Bertz CT molecular complexity index is 586. The molecule has 0 bridgehead atoms. The highest BCUT2D eigenvalue weighted by atomic mass is 35.5. The first-order chi connectivity index (χ1) is 10.5. The van der Waals surface area contributed by atoms with Crippen LogP contribution in [0.5, 0.6) is 0 Å². The van der Waals surface area contributed by atoms with E-state index in [9.17, 15) is 10.1 Å². The summed E-state index contributed by atoms with van der Waals surface area (Å²) in [6.45, 7) is 5.71. The molecule has 0 aromatic heterocycles. The van der Waals surface area contributed by atoms with Crippen LogP contribution in [-0.4, -0.2) is 23.9 Å². The fraction of sp³-hybridized carbons (Fsp3) is 0.375. The van der Waals surface area contributed by atoms with Gasteiger partial charge in [0, 0.05) is 25.0 Å². The number of rotatable bonds is 7. The van der Waals surface area contributed by atoms with Gasteiger partial charge in [-0.3, -0.25) is 4.79 Å². The van der Waals surface area contributed by atoms with Gasteiger partial charge < -0.3 is 16.0 Å². The predicted molar refractivity (Wildman–Crippen MR) is 90.3 cm³/mol. The van der Waals surface area contributed by atoms with Crippen molar-refractivity contribution in [1.29, 1.82) is 5.26 Å². The molecular formula is C16H21ClN4O. The van der Waals surface area contributed by atoms with Crippen molar-refractivity contribution in [3.8, 4) is 6.07 Å². The van der Waals surface area contributed by atoms with Crippen LogP contribution in [0.2, 0.25) is 5.02 Å². The summed E-state index contributed by atoms with van der Waals surface area (Å²) in [4.78, 5) is 14.2. The van der Waals surface area contributed by atoms with Crippen LogP contribution < -0.4 is 11.1 Å². The highest BCUT2D eigenvalue weighted by Crippen LogP contribution is 2.24. The van der Waals surface area contributed by atoms with Gasteiger partial charge in [-0.2, -0.15) is 5.26 Å². The Morgan fingerprint density at radius 3 is 2.55 bits per heavy atom. The van der Waals surface area contributed by atoms with Gasteiger partial charge in [-0.15, -0.1) is 0 Å². The number of hydrogen-bond donors (Lipinski definition) is 2. The van der Waals surface area contributed by atoms with Crippen molar-refractivity contribution < 1.29 is 4.79 Å². The van der Waals surface area contributed by atoms with Crippen LogP contribution in [0.25, 0.3) is 0 Å². The van der Waals surface area contributed by atoms with E-state index in [-0.39, 0.29) is 5.57 Å². The summed E-state index contributed by atoms with van der Waals surface area (Å²) in [6.07, 6.45) is 3.49. The lowest BCUT2D eigenvalue weighted by Gasteiger charge is -2.19. The van der Waals surface area contributed by atoms with E-state index in [1.165, 1.54) is 0 Å². The lowest BCUT2D eigenvalue weighted by atomic mass is 10.2. The maximum absolute atomic E-state index is 12.2. The molecule has 1 rings (SSSR count). The number of carbonyl (C=O) groups is 1. The zero-order valence-corrected chi connectivity index (χ0v) is 13.7. The Morgan fingerprint density at radius 1 is 1.41 bits per heavy atom.